The van der Waals surface area contributed by atoms with Gasteiger partial charge in [0.15, 0.2) is 0 Å². The van der Waals surface area contributed by atoms with Crippen molar-refractivity contribution < 1.29 is 62.5 Å². The van der Waals surface area contributed by atoms with Crippen LogP contribution in [0.4, 0.5) is 26.3 Å². The van der Waals surface area contributed by atoms with Gasteiger partial charge in [0.05, 0.1) is 0 Å². The Kier molecular flexibility index (Phi) is 9.76. The van der Waals surface area contributed by atoms with Crippen molar-refractivity contribution in [2.75, 3.05) is 0 Å². The van der Waals surface area contributed by atoms with E-state index in [0.717, 1.165) is 11.1 Å². The predicted molar refractivity (Wildman–Crippen MR) is 104 cm³/mol. The Bertz CT molecular complexity index is 1020. The van der Waals surface area contributed by atoms with Crippen LogP contribution in [0.2, 0.25) is 0 Å². The van der Waals surface area contributed by atoms with Gasteiger partial charge < -0.3 is 10.2 Å². The van der Waals surface area contributed by atoms with E-state index in [-0.39, 0.29) is 16.9 Å². The molecule has 8 nitrogen and oxygen atoms in total. The van der Waals surface area contributed by atoms with Gasteiger partial charge >= 0.3 is 31.3 Å². The van der Waals surface area contributed by atoms with Crippen LogP contribution in [0, 0.1) is 0 Å². The molecule has 4 N–H and O–H groups in total. The zero-order chi connectivity index (χ0) is 26.5. The SMILES string of the molecule is CC(C)(c1ccc(O)cc1)c1ccc(O)cc1.O=S(=O)(O)C(F)(F)F.O=S(=O)(O)C(F)(F)F. The summed E-state index contributed by atoms with van der Waals surface area (Å²) in [5.41, 5.74) is -8.97. The van der Waals surface area contributed by atoms with Gasteiger partial charge in [-0.2, -0.15) is 43.2 Å². The first-order valence-corrected chi connectivity index (χ1v) is 11.0. The molecule has 188 valence electrons. The Morgan fingerprint density at radius 3 is 0.909 bits per heavy atom. The van der Waals surface area contributed by atoms with E-state index in [9.17, 15) is 36.6 Å². The molecule has 0 spiro atoms. The molecule has 0 saturated carbocycles. The van der Waals surface area contributed by atoms with Crippen molar-refractivity contribution in [3.8, 4) is 11.5 Å². The molecule has 0 bridgehead atoms. The number of aromatic hydroxyl groups is 2. The lowest BCUT2D eigenvalue weighted by molar-refractivity contribution is -0.0514. The molecule has 0 aromatic heterocycles. The van der Waals surface area contributed by atoms with Crippen LogP contribution in [0.5, 0.6) is 11.5 Å². The molecule has 0 saturated heterocycles. The zero-order valence-electron chi connectivity index (χ0n) is 16.6. The highest BCUT2D eigenvalue weighted by Crippen LogP contribution is 2.32. The van der Waals surface area contributed by atoms with E-state index in [2.05, 4.69) is 13.8 Å². The molecule has 0 unspecified atom stereocenters. The fourth-order valence-electron chi connectivity index (χ4n) is 1.92. The van der Waals surface area contributed by atoms with Crippen LogP contribution in [0.3, 0.4) is 0 Å². The third-order valence-corrected chi connectivity index (χ3v) is 4.93. The van der Waals surface area contributed by atoms with Crippen molar-refractivity contribution in [2.24, 2.45) is 0 Å². The minimum absolute atomic E-state index is 0.151. The molecule has 2 aromatic rings. The van der Waals surface area contributed by atoms with Crippen LogP contribution in [0.1, 0.15) is 25.0 Å². The van der Waals surface area contributed by atoms with Gasteiger partial charge in [0.25, 0.3) is 0 Å². The predicted octanol–water partition coefficient (Wildman–Crippen LogP) is 4.21. The Hall–Kier alpha value is -2.56. The number of benzene rings is 2. The molecule has 33 heavy (non-hydrogen) atoms. The lowest BCUT2D eigenvalue weighted by atomic mass is 9.78. The molecule has 0 radical (unpaired) electrons. The van der Waals surface area contributed by atoms with Crippen LogP contribution in [-0.2, 0) is 25.7 Å². The number of hydrogen-bond donors (Lipinski definition) is 4. The van der Waals surface area contributed by atoms with Crippen molar-refractivity contribution in [1.82, 2.24) is 0 Å². The Labute approximate surface area is 184 Å². The number of hydrogen-bond acceptors (Lipinski definition) is 6. The smallest absolute Gasteiger partial charge is 0.508 e. The van der Waals surface area contributed by atoms with Crippen molar-refractivity contribution in [3.63, 3.8) is 0 Å². The summed E-state index contributed by atoms with van der Waals surface area (Å²) in [7, 11) is -11.7. The summed E-state index contributed by atoms with van der Waals surface area (Å²) >= 11 is 0. The van der Waals surface area contributed by atoms with E-state index in [1.807, 2.05) is 24.3 Å². The van der Waals surface area contributed by atoms with E-state index >= 15 is 0 Å². The third kappa shape index (κ3) is 9.85. The minimum atomic E-state index is -5.84. The highest BCUT2D eigenvalue weighted by Gasteiger charge is 2.45. The molecule has 2 aromatic carbocycles. The molecule has 0 atom stereocenters. The topological polar surface area (TPSA) is 149 Å². The normalized spacial score (nSPS) is 12.7. The molecule has 0 fully saturated rings. The van der Waals surface area contributed by atoms with Crippen molar-refractivity contribution in [3.05, 3.63) is 59.7 Å². The standard InChI is InChI=1S/C15H16O2.2CHF3O3S/c1-15(2,11-3-7-13(16)8-4-11)12-5-9-14(17)10-6-12;2*2-1(3,4)8(5,6)7/h3-10,16-17H,1-2H3;2*(H,5,6,7). The number of alkyl halides is 6. The first kappa shape index (κ1) is 30.4. The molecular formula is C17H18F6O8S2. The van der Waals surface area contributed by atoms with E-state index < -0.39 is 31.3 Å². The van der Waals surface area contributed by atoms with Crippen LogP contribution in [0.25, 0.3) is 0 Å². The summed E-state index contributed by atoms with van der Waals surface area (Å²) in [4.78, 5) is 0. The van der Waals surface area contributed by atoms with Crippen LogP contribution in [-0.4, -0.2) is 47.2 Å². The summed E-state index contributed by atoms with van der Waals surface area (Å²) in [5, 5.41) is 18.6. The first-order chi connectivity index (χ1) is 14.5. The summed E-state index contributed by atoms with van der Waals surface area (Å²) < 4.78 is 115. The highest BCUT2D eigenvalue weighted by atomic mass is 32.2. The van der Waals surface area contributed by atoms with Crippen LogP contribution in [0.15, 0.2) is 48.5 Å². The van der Waals surface area contributed by atoms with E-state index in [1.165, 1.54) is 0 Å². The first-order valence-electron chi connectivity index (χ1n) is 8.16. The summed E-state index contributed by atoms with van der Waals surface area (Å²) in [6.07, 6.45) is 0. The minimum Gasteiger partial charge on any atom is -0.508 e. The lowest BCUT2D eigenvalue weighted by Gasteiger charge is -2.26. The maximum atomic E-state index is 10.7. The molecule has 0 aliphatic heterocycles. The maximum Gasteiger partial charge on any atom is 0.522 e. The Morgan fingerprint density at radius 2 is 0.758 bits per heavy atom. The maximum absolute atomic E-state index is 10.7. The van der Waals surface area contributed by atoms with Gasteiger partial charge in [-0.25, -0.2) is 0 Å². The van der Waals surface area contributed by atoms with Gasteiger partial charge in [-0.1, -0.05) is 38.1 Å². The third-order valence-electron chi connectivity index (χ3n) is 3.76. The summed E-state index contributed by atoms with van der Waals surface area (Å²) in [6, 6.07) is 14.4. The molecule has 0 heterocycles. The van der Waals surface area contributed by atoms with Gasteiger partial charge in [0, 0.05) is 5.41 Å². The second kappa shape index (κ2) is 10.6. The van der Waals surface area contributed by atoms with Gasteiger partial charge in [0.2, 0.25) is 0 Å². The number of rotatable bonds is 2. The summed E-state index contributed by atoms with van der Waals surface area (Å²) in [5.74, 6) is 0.547. The molecule has 0 amide bonds. The van der Waals surface area contributed by atoms with Crippen LogP contribution < -0.4 is 0 Å². The second-order valence-electron chi connectivity index (χ2n) is 6.56. The van der Waals surface area contributed by atoms with Gasteiger partial charge in [0.1, 0.15) is 11.5 Å². The van der Waals surface area contributed by atoms with Gasteiger partial charge in [-0.3, -0.25) is 9.11 Å². The van der Waals surface area contributed by atoms with E-state index in [4.69, 9.17) is 25.9 Å². The fourth-order valence-corrected chi connectivity index (χ4v) is 1.92. The van der Waals surface area contributed by atoms with Crippen molar-refractivity contribution >= 4 is 20.2 Å². The Morgan fingerprint density at radius 1 is 0.576 bits per heavy atom. The largest absolute Gasteiger partial charge is 0.522 e. The highest BCUT2D eigenvalue weighted by molar-refractivity contribution is 7.86. The number of halogens is 6. The second-order valence-corrected chi connectivity index (χ2v) is 9.39. The molecule has 0 aliphatic carbocycles. The van der Waals surface area contributed by atoms with Crippen LogP contribution >= 0.6 is 0 Å². The average molecular weight is 528 g/mol. The molecular weight excluding hydrogens is 510 g/mol. The van der Waals surface area contributed by atoms with Crippen molar-refractivity contribution in [2.45, 2.75) is 30.3 Å². The number of phenolic OH excluding ortho intramolecular Hbond substituents is 2. The quantitative estimate of drug-likeness (QED) is 0.257. The Balaban J connectivity index is 0.000000539. The molecule has 2 rings (SSSR count). The van der Waals surface area contributed by atoms with Gasteiger partial charge in [-0.05, 0) is 35.4 Å². The fraction of sp³-hybridized carbons (Fsp3) is 0.294. The number of phenols is 2. The molecule has 16 heteroatoms. The zero-order valence-corrected chi connectivity index (χ0v) is 18.3. The van der Waals surface area contributed by atoms with E-state index in [1.54, 1.807) is 24.3 Å². The van der Waals surface area contributed by atoms with Crippen molar-refractivity contribution in [1.29, 1.82) is 0 Å². The van der Waals surface area contributed by atoms with Gasteiger partial charge in [-0.15, -0.1) is 0 Å². The average Bonchev–Trinajstić information content (AvgIpc) is 2.60. The lowest BCUT2D eigenvalue weighted by Crippen LogP contribution is -2.21. The molecule has 0 aliphatic rings. The summed E-state index contributed by atoms with van der Waals surface area (Å²) in [6.45, 7) is 4.23. The van der Waals surface area contributed by atoms with E-state index in [0.29, 0.717) is 0 Å². The monoisotopic (exact) mass is 528 g/mol.